The van der Waals surface area contributed by atoms with Crippen molar-refractivity contribution in [2.75, 3.05) is 19.8 Å². The molecule has 0 aromatic rings. The average molecular weight is 230 g/mol. The van der Waals surface area contributed by atoms with Crippen molar-refractivity contribution >= 4 is 19.8 Å². The summed E-state index contributed by atoms with van der Waals surface area (Å²) in [5, 5.41) is 17.1. The predicted octanol–water partition coefficient (Wildman–Crippen LogP) is -0.641. The minimum Gasteiger partial charge on any atom is -0.481 e. The second-order valence-corrected chi connectivity index (χ2v) is 3.04. The second-order valence-electron chi connectivity index (χ2n) is 3.04. The van der Waals surface area contributed by atoms with E-state index in [0.29, 0.717) is 6.32 Å². The fourth-order valence-corrected chi connectivity index (χ4v) is 0.855. The van der Waals surface area contributed by atoms with Crippen molar-refractivity contribution in [2.24, 2.45) is 0 Å². The molecule has 6 nitrogen and oxygen atoms in total. The zero-order valence-electron chi connectivity index (χ0n) is 8.92. The van der Waals surface area contributed by atoms with Crippen LogP contribution in [-0.2, 0) is 19.1 Å². The summed E-state index contributed by atoms with van der Waals surface area (Å²) in [5.41, 5.74) is 0. The van der Waals surface area contributed by atoms with Gasteiger partial charge in [0.05, 0.1) is 27.3 Å². The summed E-state index contributed by atoms with van der Waals surface area (Å²) in [6, 6.07) is 0. The van der Waals surface area contributed by atoms with Gasteiger partial charge in [-0.05, 0) is 0 Å². The lowest BCUT2D eigenvalue weighted by molar-refractivity contribution is -0.151. The highest BCUT2D eigenvalue weighted by Crippen LogP contribution is 1.98. The third-order valence-electron chi connectivity index (χ3n) is 1.65. The van der Waals surface area contributed by atoms with Crippen molar-refractivity contribution in [1.82, 2.24) is 0 Å². The van der Waals surface area contributed by atoms with Gasteiger partial charge in [0.25, 0.3) is 0 Å². The SMILES string of the molecule is [B]CCOC(CO)COC(=O)CCC(=O)O. The molecule has 0 aliphatic rings. The first kappa shape index (κ1) is 14.9. The molecule has 0 rings (SSSR count). The molecule has 1 unspecified atom stereocenters. The number of hydrogen-bond donors (Lipinski definition) is 2. The van der Waals surface area contributed by atoms with Crippen LogP contribution in [0.25, 0.3) is 0 Å². The molecule has 0 aliphatic heterocycles. The number of aliphatic hydroxyl groups is 1. The van der Waals surface area contributed by atoms with Gasteiger partial charge >= 0.3 is 11.9 Å². The van der Waals surface area contributed by atoms with E-state index in [1.807, 2.05) is 0 Å². The van der Waals surface area contributed by atoms with Crippen molar-refractivity contribution in [3.05, 3.63) is 0 Å². The van der Waals surface area contributed by atoms with Crippen LogP contribution in [0.4, 0.5) is 0 Å². The van der Waals surface area contributed by atoms with E-state index < -0.39 is 18.0 Å². The molecule has 0 heterocycles. The molecule has 0 saturated carbocycles. The third kappa shape index (κ3) is 8.25. The zero-order valence-corrected chi connectivity index (χ0v) is 8.92. The summed E-state index contributed by atoms with van der Waals surface area (Å²) in [6.45, 7) is -0.126. The highest BCUT2D eigenvalue weighted by Gasteiger charge is 2.12. The maximum atomic E-state index is 11.0. The summed E-state index contributed by atoms with van der Waals surface area (Å²) < 4.78 is 9.76. The maximum Gasteiger partial charge on any atom is 0.306 e. The number of carboxylic acid groups (broad SMARTS) is 1. The number of aliphatic hydroxyl groups excluding tert-OH is 1. The number of hydrogen-bond acceptors (Lipinski definition) is 5. The Hall–Kier alpha value is -1.08. The molecule has 7 heteroatoms. The van der Waals surface area contributed by atoms with Crippen LogP contribution >= 0.6 is 0 Å². The van der Waals surface area contributed by atoms with Gasteiger partial charge in [-0.1, -0.05) is 6.32 Å². The predicted molar refractivity (Wildman–Crippen MR) is 55.2 cm³/mol. The maximum absolute atomic E-state index is 11.0. The molecule has 0 spiro atoms. The molecule has 0 saturated heterocycles. The summed E-state index contributed by atoms with van der Waals surface area (Å²) >= 11 is 0. The standard InChI is InChI=1S/C9H15BO6/c10-3-4-15-7(5-11)6-16-9(14)2-1-8(12)13/h7,11H,1-6H2,(H,12,13). The lowest BCUT2D eigenvalue weighted by atomic mass is 10.1. The first-order valence-corrected chi connectivity index (χ1v) is 4.90. The summed E-state index contributed by atoms with van der Waals surface area (Å²) in [7, 11) is 5.19. The Labute approximate surface area is 94.9 Å². The molecule has 0 aromatic heterocycles. The number of carbonyl (C=O) groups excluding carboxylic acids is 1. The highest BCUT2D eigenvalue weighted by atomic mass is 16.6. The fourth-order valence-electron chi connectivity index (χ4n) is 0.855. The topological polar surface area (TPSA) is 93.1 Å². The van der Waals surface area contributed by atoms with E-state index >= 15 is 0 Å². The largest absolute Gasteiger partial charge is 0.481 e. The molecular weight excluding hydrogens is 215 g/mol. The van der Waals surface area contributed by atoms with Crippen LogP contribution in [0.5, 0.6) is 0 Å². The number of esters is 1. The molecule has 90 valence electrons. The van der Waals surface area contributed by atoms with Crippen molar-refractivity contribution in [2.45, 2.75) is 25.3 Å². The molecule has 0 amide bonds. The number of aliphatic carboxylic acids is 1. The highest BCUT2D eigenvalue weighted by molar-refractivity contribution is 6.08. The molecular formula is C9H15BO6. The Balaban J connectivity index is 3.66. The second kappa shape index (κ2) is 9.17. The van der Waals surface area contributed by atoms with Gasteiger partial charge in [0.2, 0.25) is 0 Å². The third-order valence-corrected chi connectivity index (χ3v) is 1.65. The van der Waals surface area contributed by atoms with E-state index in [1.165, 1.54) is 0 Å². The minimum absolute atomic E-state index is 0.102. The van der Waals surface area contributed by atoms with Crippen LogP contribution in [0.15, 0.2) is 0 Å². The zero-order chi connectivity index (χ0) is 12.4. The van der Waals surface area contributed by atoms with Gasteiger partial charge in [-0.2, -0.15) is 0 Å². The molecule has 16 heavy (non-hydrogen) atoms. The number of ether oxygens (including phenoxy) is 2. The number of rotatable bonds is 9. The van der Waals surface area contributed by atoms with Gasteiger partial charge in [0, 0.05) is 6.61 Å². The molecule has 2 radical (unpaired) electrons. The first-order valence-electron chi connectivity index (χ1n) is 4.90. The molecule has 1 atom stereocenters. The monoisotopic (exact) mass is 230 g/mol. The van der Waals surface area contributed by atoms with Crippen LogP contribution < -0.4 is 0 Å². The molecule has 0 aliphatic carbocycles. The van der Waals surface area contributed by atoms with Gasteiger partial charge < -0.3 is 19.7 Å². The lowest BCUT2D eigenvalue weighted by Gasteiger charge is -2.14. The Morgan fingerprint density at radius 3 is 2.50 bits per heavy atom. The van der Waals surface area contributed by atoms with Crippen LogP contribution in [0.3, 0.4) is 0 Å². The van der Waals surface area contributed by atoms with E-state index in [1.54, 1.807) is 0 Å². The summed E-state index contributed by atoms with van der Waals surface area (Å²) in [5.74, 6) is -1.69. The minimum atomic E-state index is -1.06. The van der Waals surface area contributed by atoms with Crippen LogP contribution in [0, 0.1) is 0 Å². The Bertz CT molecular complexity index is 220. The van der Waals surface area contributed by atoms with E-state index in [2.05, 4.69) is 0 Å². The molecule has 0 bridgehead atoms. The number of carbonyl (C=O) groups is 2. The summed E-state index contributed by atoms with van der Waals surface area (Å²) in [4.78, 5) is 21.1. The van der Waals surface area contributed by atoms with Crippen molar-refractivity contribution in [3.63, 3.8) is 0 Å². The first-order chi connectivity index (χ1) is 7.60. The van der Waals surface area contributed by atoms with Gasteiger partial charge in [0.1, 0.15) is 12.7 Å². The van der Waals surface area contributed by atoms with Crippen LogP contribution in [0.1, 0.15) is 12.8 Å². The van der Waals surface area contributed by atoms with Gasteiger partial charge in [-0.25, -0.2) is 0 Å². The van der Waals surface area contributed by atoms with Crippen LogP contribution in [-0.4, -0.2) is 55.9 Å². The fraction of sp³-hybridized carbons (Fsp3) is 0.778. The Morgan fingerprint density at radius 1 is 1.31 bits per heavy atom. The smallest absolute Gasteiger partial charge is 0.306 e. The normalized spacial score (nSPS) is 12.1. The van der Waals surface area contributed by atoms with Crippen molar-refractivity contribution in [1.29, 1.82) is 0 Å². The van der Waals surface area contributed by atoms with Gasteiger partial charge in [0.15, 0.2) is 0 Å². The van der Waals surface area contributed by atoms with E-state index in [4.69, 9.17) is 27.5 Å². The average Bonchev–Trinajstić information content (AvgIpc) is 2.26. The molecule has 0 aromatic carbocycles. The lowest BCUT2D eigenvalue weighted by Crippen LogP contribution is -2.26. The Kier molecular flexibility index (Phi) is 8.56. The molecule has 0 fully saturated rings. The summed E-state index contributed by atoms with van der Waals surface area (Å²) in [6.07, 6.45) is -0.766. The van der Waals surface area contributed by atoms with Crippen molar-refractivity contribution in [3.8, 4) is 0 Å². The van der Waals surface area contributed by atoms with E-state index in [9.17, 15) is 9.59 Å². The number of carboxylic acids is 1. The van der Waals surface area contributed by atoms with Crippen molar-refractivity contribution < 1.29 is 29.3 Å². The molecule has 2 N–H and O–H groups in total. The van der Waals surface area contributed by atoms with Crippen LogP contribution in [0.2, 0.25) is 6.32 Å². The Morgan fingerprint density at radius 2 is 2.00 bits per heavy atom. The van der Waals surface area contributed by atoms with Gasteiger partial charge in [-0.3, -0.25) is 9.59 Å². The van der Waals surface area contributed by atoms with E-state index in [0.717, 1.165) is 0 Å². The van der Waals surface area contributed by atoms with Gasteiger partial charge in [-0.15, -0.1) is 0 Å². The van der Waals surface area contributed by atoms with E-state index in [-0.39, 0.29) is 32.7 Å². The quantitative estimate of drug-likeness (QED) is 0.404.